The Hall–Kier alpha value is -16.6. The molecule has 0 radical (unpaired) electrons. The van der Waals surface area contributed by atoms with E-state index in [-0.39, 0.29) is 0 Å². The van der Waals surface area contributed by atoms with Gasteiger partial charge in [0.05, 0.1) is 0 Å². The van der Waals surface area contributed by atoms with Crippen molar-refractivity contribution in [2.45, 2.75) is 27.7 Å². The lowest BCUT2D eigenvalue weighted by Crippen LogP contribution is -2.00. The maximum atomic E-state index is 6.31. The largest absolute Gasteiger partial charge is 0.456 e. The number of fused-ring (bicyclic) bond motifs is 6. The van der Waals surface area contributed by atoms with Gasteiger partial charge in [-0.2, -0.15) is 0 Å². The SMILES string of the molecule is Cc1ccc(-c2ccc(-c3nc(-c4ccc(-c5cc(-c6ccccc6)c(-c6ccccc6)c(-c6ccccc6)c5)cc4)nc(-c4ccc5c(c4)oc4ccccc45)n3)cc2)c(C)n1.Cc1ccc(-c2cccc(-c3nc(-c4ccc(-c5cc(-c6ccccc6)c(-c6ccccc6)c(-c6ccccc6)c5)cc4)nc(-c4ccc5c(c4)oc4ccccc45)n3)c2)c(C)n1. The summed E-state index contributed by atoms with van der Waals surface area (Å²) in [6, 6.07) is 144. The van der Waals surface area contributed by atoms with E-state index in [1.165, 1.54) is 44.5 Å². The van der Waals surface area contributed by atoms with Gasteiger partial charge in [-0.3, -0.25) is 9.97 Å². The van der Waals surface area contributed by atoms with Gasteiger partial charge in [0.2, 0.25) is 0 Å². The zero-order chi connectivity index (χ0) is 84.6. The van der Waals surface area contributed by atoms with E-state index in [2.05, 4.69) is 378 Å². The van der Waals surface area contributed by atoms with Crippen LogP contribution in [0.2, 0.25) is 0 Å². The summed E-state index contributed by atoms with van der Waals surface area (Å²) in [5.41, 5.74) is 35.3. The van der Waals surface area contributed by atoms with Crippen molar-refractivity contribution in [2.24, 2.45) is 0 Å². The first kappa shape index (κ1) is 76.8. The maximum Gasteiger partial charge on any atom is 0.164 e. The van der Waals surface area contributed by atoms with Crippen molar-refractivity contribution < 1.29 is 8.83 Å². The summed E-state index contributed by atoms with van der Waals surface area (Å²) in [6.07, 6.45) is 0. The Balaban J connectivity index is 0.000000154. The summed E-state index contributed by atoms with van der Waals surface area (Å²) >= 11 is 0. The highest BCUT2D eigenvalue weighted by Crippen LogP contribution is 2.47. The van der Waals surface area contributed by atoms with Crippen LogP contribution in [-0.2, 0) is 0 Å². The van der Waals surface area contributed by atoms with E-state index >= 15 is 0 Å². The first-order valence-corrected chi connectivity index (χ1v) is 42.4. The van der Waals surface area contributed by atoms with E-state index in [1.54, 1.807) is 0 Å². The zero-order valence-corrected chi connectivity index (χ0v) is 69.7. The molecule has 0 N–H and O–H groups in total. The Morgan fingerprint density at radius 3 is 0.754 bits per heavy atom. The number of aryl methyl sites for hydroxylation is 4. The molecule has 596 valence electrons. The summed E-state index contributed by atoms with van der Waals surface area (Å²) < 4.78 is 12.6. The van der Waals surface area contributed by atoms with Gasteiger partial charge < -0.3 is 8.83 Å². The second-order valence-electron chi connectivity index (χ2n) is 31.8. The number of pyridine rings is 2. The molecule has 10 heteroatoms. The molecule has 22 rings (SSSR count). The highest BCUT2D eigenvalue weighted by Gasteiger charge is 2.24. The van der Waals surface area contributed by atoms with Crippen LogP contribution in [0.4, 0.5) is 0 Å². The Morgan fingerprint density at radius 2 is 0.405 bits per heavy atom. The van der Waals surface area contributed by atoms with Gasteiger partial charge in [-0.15, -0.1) is 0 Å². The van der Waals surface area contributed by atoms with Crippen LogP contribution in [0.3, 0.4) is 0 Å². The molecular formula is C116H80N8O2. The van der Waals surface area contributed by atoms with E-state index in [0.717, 1.165) is 167 Å². The first-order chi connectivity index (χ1) is 62.0. The van der Waals surface area contributed by atoms with Crippen molar-refractivity contribution in [3.05, 3.63) is 435 Å². The number of para-hydroxylation sites is 2. The zero-order valence-electron chi connectivity index (χ0n) is 69.7. The van der Waals surface area contributed by atoms with E-state index in [1.807, 2.05) is 62.4 Å². The normalized spacial score (nSPS) is 11.3. The van der Waals surface area contributed by atoms with Crippen LogP contribution in [0.1, 0.15) is 22.8 Å². The molecule has 6 heterocycles. The van der Waals surface area contributed by atoms with E-state index in [0.29, 0.717) is 34.9 Å². The van der Waals surface area contributed by atoms with E-state index in [9.17, 15) is 0 Å². The molecule has 0 saturated heterocycles. The minimum absolute atomic E-state index is 0.566. The Labute approximate surface area is 730 Å². The third kappa shape index (κ3) is 15.4. The average molecular weight is 1620 g/mol. The minimum Gasteiger partial charge on any atom is -0.456 e. The lowest BCUT2D eigenvalue weighted by molar-refractivity contribution is 0.668. The number of furan rings is 2. The van der Waals surface area contributed by atoms with Crippen molar-refractivity contribution in [3.8, 4) is 180 Å². The number of hydrogen-bond donors (Lipinski definition) is 0. The molecule has 0 atom stereocenters. The monoisotopic (exact) mass is 1620 g/mol. The first-order valence-electron chi connectivity index (χ1n) is 42.4. The summed E-state index contributed by atoms with van der Waals surface area (Å²) in [5, 5.41) is 4.27. The average Bonchev–Trinajstić information content (AvgIpc) is 0.894. The van der Waals surface area contributed by atoms with Crippen LogP contribution in [0.25, 0.3) is 223 Å². The molecule has 0 aliphatic rings. The number of nitrogens with zero attached hydrogens (tertiary/aromatic N) is 8. The fourth-order valence-electron chi connectivity index (χ4n) is 17.3. The molecule has 6 aromatic heterocycles. The number of aromatic nitrogens is 8. The van der Waals surface area contributed by atoms with Gasteiger partial charge >= 0.3 is 0 Å². The molecule has 0 aliphatic heterocycles. The third-order valence-corrected chi connectivity index (χ3v) is 23.6. The number of benzene rings is 16. The molecule has 0 saturated carbocycles. The highest BCUT2D eigenvalue weighted by molar-refractivity contribution is 6.07. The van der Waals surface area contributed by atoms with Crippen molar-refractivity contribution in [2.75, 3.05) is 0 Å². The molecule has 0 spiro atoms. The molecule has 0 bridgehead atoms. The molecule has 10 nitrogen and oxygen atoms in total. The van der Waals surface area contributed by atoms with Crippen LogP contribution in [0.5, 0.6) is 0 Å². The quantitative estimate of drug-likeness (QED) is 0.0922. The molecule has 16 aromatic carbocycles. The molecule has 0 amide bonds. The van der Waals surface area contributed by atoms with Gasteiger partial charge in [0.1, 0.15) is 22.3 Å². The van der Waals surface area contributed by atoms with Crippen LogP contribution in [-0.4, -0.2) is 39.9 Å². The maximum absolute atomic E-state index is 6.31. The standard InChI is InChI=1S/2C58H40N4O/c1-37-25-31-48(38(2)59-37)44-21-14-22-45(33-44)57-60-56(61-58(62-57)46-30-32-50-49-23-12-13-24-53(49)63-54(50)36-46)43-28-26-39(27-29-43)47-34-51(40-15-6-3-7-16-40)55(42-19-10-5-11-20-42)52(35-47)41-17-8-4-9-18-41;1-37-22-32-48(38(2)59-37)42-25-29-45(30-26-42)57-60-56(61-58(62-57)46-31-33-50-49-20-12-13-21-53(49)63-54(50)36-46)44-27-23-39(24-28-44)47-34-51(40-14-6-3-7-15-40)55(43-18-10-5-11-19-43)52(35-47)41-16-8-4-9-17-41/h2*3-36H,1-2H3. The van der Waals surface area contributed by atoms with Gasteiger partial charge in [0, 0.05) is 88.8 Å². The topological polar surface area (TPSA) is 129 Å². The van der Waals surface area contributed by atoms with Gasteiger partial charge in [-0.25, -0.2) is 29.9 Å². The van der Waals surface area contributed by atoms with Gasteiger partial charge in [-0.05, 0) is 207 Å². The second kappa shape index (κ2) is 33.5. The summed E-state index contributed by atoms with van der Waals surface area (Å²) in [5.74, 6) is 3.48. The van der Waals surface area contributed by atoms with Gasteiger partial charge in [-0.1, -0.05) is 334 Å². The van der Waals surface area contributed by atoms with Crippen LogP contribution in [0.15, 0.2) is 421 Å². The van der Waals surface area contributed by atoms with Gasteiger partial charge in [0.25, 0.3) is 0 Å². The molecule has 0 unspecified atom stereocenters. The molecule has 0 aliphatic carbocycles. The summed E-state index contributed by atoms with van der Waals surface area (Å²) in [6.45, 7) is 8.13. The lowest BCUT2D eigenvalue weighted by atomic mass is 9.84. The lowest BCUT2D eigenvalue weighted by Gasteiger charge is -2.19. The predicted octanol–water partition coefficient (Wildman–Crippen LogP) is 30.2. The fraction of sp³-hybridized carbons (Fsp3) is 0.0345. The molecule has 22 aromatic rings. The third-order valence-electron chi connectivity index (χ3n) is 23.6. The molecule has 126 heavy (non-hydrogen) atoms. The van der Waals surface area contributed by atoms with Crippen LogP contribution >= 0.6 is 0 Å². The van der Waals surface area contributed by atoms with Crippen molar-refractivity contribution in [3.63, 3.8) is 0 Å². The number of rotatable bonds is 16. The fourth-order valence-corrected chi connectivity index (χ4v) is 17.3. The predicted molar refractivity (Wildman–Crippen MR) is 516 cm³/mol. The second-order valence-corrected chi connectivity index (χ2v) is 31.8. The van der Waals surface area contributed by atoms with E-state index in [4.69, 9.17) is 48.7 Å². The minimum atomic E-state index is 0.566. The molecular weight excluding hydrogens is 1540 g/mol. The van der Waals surface area contributed by atoms with Crippen LogP contribution in [0, 0.1) is 27.7 Å². The summed E-state index contributed by atoms with van der Waals surface area (Å²) in [4.78, 5) is 40.2. The highest BCUT2D eigenvalue weighted by atomic mass is 16.3. The molecule has 0 fully saturated rings. The van der Waals surface area contributed by atoms with Crippen LogP contribution < -0.4 is 0 Å². The Kier molecular flexibility index (Phi) is 20.4. The van der Waals surface area contributed by atoms with Crippen molar-refractivity contribution in [1.29, 1.82) is 0 Å². The summed E-state index contributed by atoms with van der Waals surface area (Å²) in [7, 11) is 0. The smallest absolute Gasteiger partial charge is 0.164 e. The van der Waals surface area contributed by atoms with Crippen molar-refractivity contribution in [1.82, 2.24) is 39.9 Å². The number of hydrogen-bond acceptors (Lipinski definition) is 10. The van der Waals surface area contributed by atoms with Gasteiger partial charge in [0.15, 0.2) is 34.9 Å². The van der Waals surface area contributed by atoms with E-state index < -0.39 is 0 Å². The van der Waals surface area contributed by atoms with Crippen molar-refractivity contribution >= 4 is 43.9 Å². The Bertz CT molecular complexity index is 7700. The Morgan fingerprint density at radius 1 is 0.151 bits per heavy atom.